The van der Waals surface area contributed by atoms with E-state index in [4.69, 9.17) is 4.43 Å². The minimum Gasteiger partial charge on any atom is -0.417 e. The van der Waals surface area contributed by atoms with Crippen LogP contribution in [-0.2, 0) is 4.43 Å². The van der Waals surface area contributed by atoms with Crippen molar-refractivity contribution in [3.05, 3.63) is 12.2 Å². The Balaban J connectivity index is 2.01. The summed E-state index contributed by atoms with van der Waals surface area (Å²) in [5, 5.41) is 0.316. The number of hydrogen-bond acceptors (Lipinski definition) is 1. The first-order chi connectivity index (χ1) is 10.9. The van der Waals surface area contributed by atoms with Crippen LogP contribution in [0, 0.1) is 22.7 Å². The van der Waals surface area contributed by atoms with Gasteiger partial charge in [0, 0.05) is 6.61 Å². The lowest BCUT2D eigenvalue weighted by Crippen LogP contribution is -2.43. The van der Waals surface area contributed by atoms with Gasteiger partial charge in [0.2, 0.25) is 0 Å². The molecule has 0 saturated heterocycles. The zero-order chi connectivity index (χ0) is 18.4. The van der Waals surface area contributed by atoms with Gasteiger partial charge in [-0.3, -0.25) is 0 Å². The topological polar surface area (TPSA) is 9.23 Å². The molecule has 0 aliphatic heterocycles. The Bertz CT molecular complexity index is 471. The molecule has 2 fully saturated rings. The summed E-state index contributed by atoms with van der Waals surface area (Å²) < 4.78 is 6.45. The number of hydrogen-bond donors (Lipinski definition) is 0. The second kappa shape index (κ2) is 6.58. The van der Waals surface area contributed by atoms with Crippen LogP contribution in [0.2, 0.25) is 18.1 Å². The van der Waals surface area contributed by atoms with E-state index in [0.29, 0.717) is 15.9 Å². The highest BCUT2D eigenvalue weighted by Crippen LogP contribution is 2.67. The first-order valence-corrected chi connectivity index (χ1v) is 13.1. The monoisotopic (exact) mass is 350 g/mol. The van der Waals surface area contributed by atoms with E-state index < -0.39 is 8.32 Å². The lowest BCUT2D eigenvalue weighted by atomic mass is 9.54. The molecule has 2 saturated carbocycles. The lowest BCUT2D eigenvalue weighted by Gasteiger charge is -2.50. The first-order valence-electron chi connectivity index (χ1n) is 10.2. The molecular weight excluding hydrogens is 308 g/mol. The third kappa shape index (κ3) is 3.30. The minimum absolute atomic E-state index is 0.316. The molecule has 2 heteroatoms. The summed E-state index contributed by atoms with van der Waals surface area (Å²) in [4.78, 5) is 0. The van der Waals surface area contributed by atoms with Crippen LogP contribution in [-0.4, -0.2) is 14.9 Å². The molecule has 24 heavy (non-hydrogen) atoms. The largest absolute Gasteiger partial charge is 0.417 e. The summed E-state index contributed by atoms with van der Waals surface area (Å²) in [6.45, 7) is 24.5. The summed E-state index contributed by atoms with van der Waals surface area (Å²) in [7, 11) is -1.60. The molecular formula is C22H42OSi. The Hall–Kier alpha value is -0.0831. The molecule has 140 valence electrons. The van der Waals surface area contributed by atoms with Gasteiger partial charge in [-0.15, -0.1) is 0 Å². The fraction of sp³-hybridized carbons (Fsp3) is 0.909. The van der Waals surface area contributed by atoms with Gasteiger partial charge in [-0.25, -0.2) is 0 Å². The van der Waals surface area contributed by atoms with Crippen molar-refractivity contribution in [2.24, 2.45) is 22.7 Å². The number of rotatable bonds is 6. The molecule has 1 nitrogen and oxygen atoms in total. The summed E-state index contributed by atoms with van der Waals surface area (Å²) in [6.07, 6.45) is 8.07. The van der Waals surface area contributed by atoms with Crippen molar-refractivity contribution >= 4 is 8.32 Å². The van der Waals surface area contributed by atoms with Gasteiger partial charge >= 0.3 is 0 Å². The van der Waals surface area contributed by atoms with E-state index in [1.807, 2.05) is 0 Å². The van der Waals surface area contributed by atoms with Crippen LogP contribution in [0.1, 0.15) is 80.1 Å². The predicted octanol–water partition coefficient (Wildman–Crippen LogP) is 7.20. The van der Waals surface area contributed by atoms with Gasteiger partial charge < -0.3 is 4.43 Å². The van der Waals surface area contributed by atoms with Crippen molar-refractivity contribution in [2.45, 2.75) is 98.2 Å². The van der Waals surface area contributed by atoms with Gasteiger partial charge in [-0.05, 0) is 86.2 Å². The number of fused-ring (bicyclic) bond motifs is 2. The van der Waals surface area contributed by atoms with Crippen LogP contribution in [0.25, 0.3) is 0 Å². The molecule has 0 heterocycles. The molecule has 2 bridgehead atoms. The number of allylic oxidation sites excluding steroid dienone is 1. The Morgan fingerprint density at radius 2 is 1.83 bits per heavy atom. The maximum Gasteiger partial charge on any atom is 0.191 e. The van der Waals surface area contributed by atoms with Gasteiger partial charge in [0.25, 0.3) is 0 Å². The lowest BCUT2D eigenvalue weighted by molar-refractivity contribution is 0.0150. The standard InChI is InChI=1S/C22H42OSi/c1-17(2)22-13-12-18(3)21(7,14-15-22)19(22)11-10-16-23-24(8,9)20(4,5)6/h18-19H,1,10-16H2,2-9H3/t18-,19?,21-,22-/m1/s1. The van der Waals surface area contributed by atoms with Crippen LogP contribution < -0.4 is 0 Å². The van der Waals surface area contributed by atoms with Crippen molar-refractivity contribution < 1.29 is 4.43 Å². The van der Waals surface area contributed by atoms with Crippen molar-refractivity contribution in [2.75, 3.05) is 6.61 Å². The highest BCUT2D eigenvalue weighted by atomic mass is 28.4. The third-order valence-corrected chi connectivity index (χ3v) is 13.0. The van der Waals surface area contributed by atoms with Crippen molar-refractivity contribution in [1.29, 1.82) is 0 Å². The minimum atomic E-state index is -1.60. The molecule has 0 N–H and O–H groups in total. The Morgan fingerprint density at radius 1 is 1.21 bits per heavy atom. The van der Waals surface area contributed by atoms with Crippen molar-refractivity contribution in [1.82, 2.24) is 0 Å². The molecule has 0 radical (unpaired) electrons. The first kappa shape index (κ1) is 20.2. The van der Waals surface area contributed by atoms with Crippen LogP contribution in [0.5, 0.6) is 0 Å². The van der Waals surface area contributed by atoms with Crippen molar-refractivity contribution in [3.8, 4) is 0 Å². The van der Waals surface area contributed by atoms with E-state index >= 15 is 0 Å². The summed E-state index contributed by atoms with van der Waals surface area (Å²) >= 11 is 0. The normalized spacial score (nSPS) is 36.8. The molecule has 0 aromatic carbocycles. The van der Waals surface area contributed by atoms with Gasteiger partial charge in [0.1, 0.15) is 0 Å². The van der Waals surface area contributed by atoms with E-state index in [1.54, 1.807) is 0 Å². The zero-order valence-corrected chi connectivity index (χ0v) is 18.7. The van der Waals surface area contributed by atoms with Gasteiger partial charge in [0.05, 0.1) is 0 Å². The molecule has 0 spiro atoms. The predicted molar refractivity (Wildman–Crippen MR) is 109 cm³/mol. The summed E-state index contributed by atoms with van der Waals surface area (Å²) in [5.41, 5.74) is 2.40. The second-order valence-electron chi connectivity index (χ2n) is 10.7. The highest BCUT2D eigenvalue weighted by Gasteiger charge is 2.58. The van der Waals surface area contributed by atoms with Crippen LogP contribution in [0.4, 0.5) is 0 Å². The second-order valence-corrected chi connectivity index (χ2v) is 15.5. The molecule has 1 unspecified atom stereocenters. The molecule has 0 aromatic rings. The van der Waals surface area contributed by atoms with Crippen LogP contribution >= 0.6 is 0 Å². The van der Waals surface area contributed by atoms with Gasteiger partial charge in [-0.2, -0.15) is 0 Å². The molecule has 0 aromatic heterocycles. The van der Waals surface area contributed by atoms with E-state index in [2.05, 4.69) is 61.2 Å². The smallest absolute Gasteiger partial charge is 0.191 e. The van der Waals surface area contributed by atoms with Crippen LogP contribution in [0.15, 0.2) is 12.2 Å². The van der Waals surface area contributed by atoms with Gasteiger partial charge in [0.15, 0.2) is 8.32 Å². The Labute approximate surface area is 152 Å². The maximum absolute atomic E-state index is 6.45. The summed E-state index contributed by atoms with van der Waals surface area (Å²) in [6, 6.07) is 0. The van der Waals surface area contributed by atoms with E-state index in [-0.39, 0.29) is 0 Å². The quantitative estimate of drug-likeness (QED) is 0.279. The SMILES string of the molecule is C=C(C)[C@@]12CC[C@@H](C)[C@@](C)(CC1)C2CCCO[Si](C)(C)C(C)(C)C. The van der Waals surface area contributed by atoms with E-state index in [1.165, 1.54) is 44.1 Å². The summed E-state index contributed by atoms with van der Waals surface area (Å²) in [5.74, 6) is 1.67. The fourth-order valence-corrected chi connectivity index (χ4v) is 6.41. The third-order valence-electron chi connectivity index (χ3n) is 8.48. The highest BCUT2D eigenvalue weighted by molar-refractivity contribution is 6.74. The molecule has 4 atom stereocenters. The van der Waals surface area contributed by atoms with E-state index in [0.717, 1.165) is 18.4 Å². The molecule has 2 aliphatic rings. The fourth-order valence-electron chi connectivity index (χ4n) is 5.33. The van der Waals surface area contributed by atoms with E-state index in [9.17, 15) is 0 Å². The molecule has 2 rings (SSSR count). The Morgan fingerprint density at radius 3 is 2.38 bits per heavy atom. The van der Waals surface area contributed by atoms with Crippen molar-refractivity contribution in [3.63, 3.8) is 0 Å². The average Bonchev–Trinajstić information content (AvgIpc) is 2.67. The average molecular weight is 351 g/mol. The Kier molecular flexibility index (Phi) is 5.54. The van der Waals surface area contributed by atoms with Crippen LogP contribution in [0.3, 0.4) is 0 Å². The van der Waals surface area contributed by atoms with Gasteiger partial charge in [-0.1, -0.05) is 46.8 Å². The molecule has 2 aliphatic carbocycles. The zero-order valence-electron chi connectivity index (χ0n) is 17.7. The maximum atomic E-state index is 6.45. The molecule has 0 amide bonds.